The second-order valence-corrected chi connectivity index (χ2v) is 33.3. The Hall–Kier alpha value is -1.94. The summed E-state index contributed by atoms with van der Waals surface area (Å²) < 4.78 is 68.8. The fraction of sp³-hybridized carbons (Fsp3) is 0.951. The Kier molecular flexibility index (Phi) is 69.9. The molecule has 0 heterocycles. The third-order valence-corrected chi connectivity index (χ3v) is 21.1. The first kappa shape index (κ1) is 98.1. The van der Waals surface area contributed by atoms with Gasteiger partial charge in [-0.25, -0.2) is 9.13 Å². The molecule has 594 valence electrons. The Balaban J connectivity index is 5.27. The average molecular weight is 1470 g/mol. The molecule has 0 radical (unpaired) electrons. The van der Waals surface area contributed by atoms with E-state index in [4.69, 9.17) is 37.0 Å². The van der Waals surface area contributed by atoms with Crippen molar-refractivity contribution in [3.05, 3.63) is 0 Å². The minimum atomic E-state index is -4.96. The van der Waals surface area contributed by atoms with E-state index in [1.807, 2.05) is 0 Å². The predicted octanol–water partition coefficient (Wildman–Crippen LogP) is 24.1. The maximum absolute atomic E-state index is 13.1. The largest absolute Gasteiger partial charge is 0.472 e. The third-order valence-electron chi connectivity index (χ3n) is 19.2. The third kappa shape index (κ3) is 73.0. The van der Waals surface area contributed by atoms with Crippen LogP contribution < -0.4 is 0 Å². The van der Waals surface area contributed by atoms with Gasteiger partial charge in [-0.3, -0.25) is 37.3 Å². The van der Waals surface area contributed by atoms with Crippen molar-refractivity contribution in [2.24, 2.45) is 17.8 Å². The molecule has 0 aliphatic heterocycles. The summed E-state index contributed by atoms with van der Waals surface area (Å²) >= 11 is 0. The Labute approximate surface area is 613 Å². The fourth-order valence-corrected chi connectivity index (χ4v) is 14.0. The van der Waals surface area contributed by atoms with Gasteiger partial charge in [0.15, 0.2) is 12.2 Å². The summed E-state index contributed by atoms with van der Waals surface area (Å²) in [4.78, 5) is 73.1. The molecule has 0 aliphatic carbocycles. The van der Waals surface area contributed by atoms with Gasteiger partial charge in [-0.2, -0.15) is 0 Å². The maximum atomic E-state index is 13.1. The van der Waals surface area contributed by atoms with Crippen LogP contribution in [0.15, 0.2) is 0 Å². The lowest BCUT2D eigenvalue weighted by molar-refractivity contribution is -0.161. The number of aliphatic hydroxyl groups excluding tert-OH is 1. The van der Waals surface area contributed by atoms with E-state index in [0.717, 1.165) is 108 Å². The topological polar surface area (TPSA) is 237 Å². The van der Waals surface area contributed by atoms with Gasteiger partial charge in [0.2, 0.25) is 0 Å². The van der Waals surface area contributed by atoms with Crippen molar-refractivity contribution >= 4 is 39.5 Å². The van der Waals surface area contributed by atoms with E-state index >= 15 is 0 Å². The first-order valence-corrected chi connectivity index (χ1v) is 44.9. The number of carbonyl (C=O) groups excluding carboxylic acids is 4. The molecule has 0 amide bonds. The van der Waals surface area contributed by atoms with Crippen molar-refractivity contribution in [1.29, 1.82) is 0 Å². The summed E-state index contributed by atoms with van der Waals surface area (Å²) in [5, 5.41) is 10.6. The molecule has 3 unspecified atom stereocenters. The maximum Gasteiger partial charge on any atom is 0.472 e. The van der Waals surface area contributed by atoms with Crippen molar-refractivity contribution in [1.82, 2.24) is 0 Å². The van der Waals surface area contributed by atoms with Crippen molar-refractivity contribution in [3.8, 4) is 0 Å². The second-order valence-electron chi connectivity index (χ2n) is 30.4. The van der Waals surface area contributed by atoms with Crippen LogP contribution in [-0.2, 0) is 65.4 Å². The number of carbonyl (C=O) groups is 4. The number of phosphoric acid groups is 2. The molecular weight excluding hydrogens is 1310 g/mol. The van der Waals surface area contributed by atoms with Crippen LogP contribution in [0, 0.1) is 17.8 Å². The predicted molar refractivity (Wildman–Crippen MR) is 409 cm³/mol. The number of hydrogen-bond acceptors (Lipinski definition) is 15. The van der Waals surface area contributed by atoms with Crippen LogP contribution >= 0.6 is 15.6 Å². The molecule has 0 aliphatic rings. The highest BCUT2D eigenvalue weighted by Crippen LogP contribution is 2.45. The van der Waals surface area contributed by atoms with Gasteiger partial charge >= 0.3 is 39.5 Å². The van der Waals surface area contributed by atoms with Crippen LogP contribution in [0.1, 0.15) is 421 Å². The van der Waals surface area contributed by atoms with Gasteiger partial charge in [0.25, 0.3) is 0 Å². The van der Waals surface area contributed by atoms with Crippen molar-refractivity contribution in [3.63, 3.8) is 0 Å². The minimum absolute atomic E-state index is 0.107. The van der Waals surface area contributed by atoms with Gasteiger partial charge in [-0.1, -0.05) is 370 Å². The molecule has 19 heteroatoms. The van der Waals surface area contributed by atoms with Crippen molar-refractivity contribution in [2.75, 3.05) is 39.6 Å². The number of phosphoric ester groups is 2. The Morgan fingerprint density at radius 1 is 0.290 bits per heavy atom. The minimum Gasteiger partial charge on any atom is -0.462 e. The lowest BCUT2D eigenvalue weighted by Crippen LogP contribution is -2.30. The monoisotopic (exact) mass is 1470 g/mol. The molecule has 0 saturated carbocycles. The summed E-state index contributed by atoms with van der Waals surface area (Å²) in [7, 11) is -9.92. The average Bonchev–Trinajstić information content (AvgIpc) is 0.948. The molecule has 17 nitrogen and oxygen atoms in total. The second kappa shape index (κ2) is 71.3. The molecule has 6 atom stereocenters. The van der Waals surface area contributed by atoms with Crippen molar-refractivity contribution in [2.45, 2.75) is 439 Å². The lowest BCUT2D eigenvalue weighted by Gasteiger charge is -2.21. The summed E-state index contributed by atoms with van der Waals surface area (Å²) in [5.74, 6) is 0.288. The molecule has 3 N–H and O–H groups in total. The lowest BCUT2D eigenvalue weighted by atomic mass is 9.99. The number of aliphatic hydroxyl groups is 1. The Morgan fingerprint density at radius 2 is 0.510 bits per heavy atom. The van der Waals surface area contributed by atoms with Crippen LogP contribution in [0.4, 0.5) is 0 Å². The molecule has 0 rings (SSSR count). The van der Waals surface area contributed by atoms with Gasteiger partial charge in [0, 0.05) is 25.7 Å². The van der Waals surface area contributed by atoms with E-state index in [2.05, 4.69) is 48.5 Å². The van der Waals surface area contributed by atoms with E-state index in [1.54, 1.807) is 0 Å². The number of ether oxygens (including phenoxy) is 4. The zero-order chi connectivity index (χ0) is 73.7. The van der Waals surface area contributed by atoms with Gasteiger partial charge < -0.3 is 33.8 Å². The summed E-state index contributed by atoms with van der Waals surface area (Å²) in [5.41, 5.74) is 0. The van der Waals surface area contributed by atoms with E-state index in [1.165, 1.54) is 231 Å². The molecule has 0 aromatic heterocycles. The highest BCUT2D eigenvalue weighted by atomic mass is 31.2. The van der Waals surface area contributed by atoms with Gasteiger partial charge in [-0.15, -0.1) is 0 Å². The molecule has 0 spiro atoms. The molecule has 100 heavy (non-hydrogen) atoms. The SMILES string of the molecule is CCCCCCCCCCCCCCC(=O)OC[C@H](COP(=O)(O)OC[C@H](O)COP(=O)(O)OC[C@@H](COC(=O)CCCCCCCCCCCCCCCC(C)C)OC(=O)CCCCCCCCCCCCCCCCCC(C)C)OC(=O)CCCCCCCCCCCCC(C)CC. The summed E-state index contributed by atoms with van der Waals surface area (Å²) in [6.07, 6.45) is 59.4. The Morgan fingerprint density at radius 3 is 0.760 bits per heavy atom. The van der Waals surface area contributed by atoms with Crippen LogP contribution in [-0.4, -0.2) is 96.7 Å². The summed E-state index contributed by atoms with van der Waals surface area (Å²) in [6, 6.07) is 0. The highest BCUT2D eigenvalue weighted by molar-refractivity contribution is 7.47. The zero-order valence-corrected chi connectivity index (χ0v) is 67.5. The van der Waals surface area contributed by atoms with Gasteiger partial charge in [-0.05, 0) is 43.4 Å². The molecule has 0 aromatic carbocycles. The smallest absolute Gasteiger partial charge is 0.462 e. The van der Waals surface area contributed by atoms with Gasteiger partial charge in [0.05, 0.1) is 26.4 Å². The molecule has 0 saturated heterocycles. The van der Waals surface area contributed by atoms with Crippen LogP contribution in [0.5, 0.6) is 0 Å². The van der Waals surface area contributed by atoms with Crippen LogP contribution in [0.2, 0.25) is 0 Å². The molecule has 0 bridgehead atoms. The normalized spacial score (nSPS) is 14.2. The standard InChI is InChI=1S/C81H158O17P2/c1-8-10-11-12-13-14-15-26-34-41-48-55-62-78(83)91-69-77(98-81(86)65-58-51-44-37-30-29-33-40-47-54-61-74(7)9-2)71-96-100(89,90)94-67-75(82)66-93-99(87,88)95-70-76(68-92-79(84)63-56-49-42-35-27-23-19-21-25-32-39-46-53-60-73(5)6)97-80(85)64-57-50-43-36-28-22-18-16-17-20-24-31-38-45-52-59-72(3)4/h72-77,82H,8-71H2,1-7H3,(H,87,88)(H,89,90)/t74?,75-,76-,77-/m1/s1. The van der Waals surface area contributed by atoms with Crippen LogP contribution in [0.25, 0.3) is 0 Å². The molecule has 0 fully saturated rings. The number of esters is 4. The summed E-state index contributed by atoms with van der Waals surface area (Å²) in [6.45, 7) is 12.0. The quantitative estimate of drug-likeness (QED) is 0.0222. The number of unbranched alkanes of at least 4 members (excludes halogenated alkanes) is 46. The molecule has 0 aromatic rings. The first-order valence-electron chi connectivity index (χ1n) is 41.9. The Bertz CT molecular complexity index is 1940. The first-order chi connectivity index (χ1) is 48.3. The van der Waals surface area contributed by atoms with E-state index in [0.29, 0.717) is 25.7 Å². The molecular formula is C81H158O17P2. The highest BCUT2D eigenvalue weighted by Gasteiger charge is 2.30. The van der Waals surface area contributed by atoms with Crippen LogP contribution in [0.3, 0.4) is 0 Å². The van der Waals surface area contributed by atoms with Crippen molar-refractivity contribution < 1.29 is 80.2 Å². The van der Waals surface area contributed by atoms with E-state index in [-0.39, 0.29) is 25.7 Å². The zero-order valence-electron chi connectivity index (χ0n) is 65.7. The van der Waals surface area contributed by atoms with E-state index in [9.17, 15) is 43.2 Å². The van der Waals surface area contributed by atoms with E-state index < -0.39 is 97.5 Å². The number of rotatable bonds is 79. The fourth-order valence-electron chi connectivity index (χ4n) is 12.5. The number of hydrogen-bond donors (Lipinski definition) is 3. The van der Waals surface area contributed by atoms with Gasteiger partial charge in [0.1, 0.15) is 19.3 Å².